The van der Waals surface area contributed by atoms with E-state index in [-0.39, 0.29) is 0 Å². The van der Waals surface area contributed by atoms with Crippen molar-refractivity contribution in [1.29, 1.82) is 0 Å². The first-order valence-electron chi connectivity index (χ1n) is 7.41. The smallest absolute Gasteiger partial charge is 0.160 e. The Hall–Kier alpha value is -1.26. The van der Waals surface area contributed by atoms with Crippen LogP contribution in [0.15, 0.2) is 22.7 Å². The van der Waals surface area contributed by atoms with Crippen molar-refractivity contribution in [1.82, 2.24) is 9.97 Å². The molecule has 2 aromatic rings. The maximum Gasteiger partial charge on any atom is 0.160 e. The molecular weight excluding hydrogens is 326 g/mol. The molecule has 1 unspecified atom stereocenters. The van der Waals surface area contributed by atoms with E-state index in [1.165, 1.54) is 16.8 Å². The van der Waals surface area contributed by atoms with Crippen molar-refractivity contribution >= 4 is 15.9 Å². The van der Waals surface area contributed by atoms with Gasteiger partial charge in [0.25, 0.3) is 0 Å². The van der Waals surface area contributed by atoms with Crippen LogP contribution < -0.4 is 5.73 Å². The van der Waals surface area contributed by atoms with Gasteiger partial charge in [-0.15, -0.1) is 0 Å². The second-order valence-corrected chi connectivity index (χ2v) is 6.74. The monoisotopic (exact) mass is 345 g/mol. The largest absolute Gasteiger partial charge is 0.330 e. The molecule has 1 atom stereocenters. The van der Waals surface area contributed by atoms with E-state index in [0.29, 0.717) is 5.92 Å². The molecule has 3 nitrogen and oxygen atoms in total. The first-order chi connectivity index (χ1) is 10.1. The minimum Gasteiger partial charge on any atom is -0.330 e. The number of hydrogen-bond acceptors (Lipinski definition) is 3. The van der Waals surface area contributed by atoms with Crippen LogP contribution >= 0.6 is 15.9 Å². The van der Waals surface area contributed by atoms with E-state index >= 15 is 0 Å². The Kier molecular flexibility index (Phi) is 4.09. The summed E-state index contributed by atoms with van der Waals surface area (Å²) in [7, 11) is 0. The van der Waals surface area contributed by atoms with E-state index < -0.39 is 0 Å². The summed E-state index contributed by atoms with van der Waals surface area (Å²) in [5.74, 6) is 1.40. The summed E-state index contributed by atoms with van der Waals surface area (Å²) in [6.07, 6.45) is 3.17. The van der Waals surface area contributed by atoms with Gasteiger partial charge in [-0.1, -0.05) is 22.0 Å². The van der Waals surface area contributed by atoms with Crippen molar-refractivity contribution in [2.24, 2.45) is 11.7 Å². The third-order valence-electron chi connectivity index (χ3n) is 4.28. The van der Waals surface area contributed by atoms with Crippen LogP contribution in [-0.4, -0.2) is 16.5 Å². The van der Waals surface area contributed by atoms with Crippen molar-refractivity contribution < 1.29 is 0 Å². The lowest BCUT2D eigenvalue weighted by Crippen LogP contribution is -2.24. The third-order valence-corrected chi connectivity index (χ3v) is 4.94. The molecule has 0 saturated heterocycles. The van der Waals surface area contributed by atoms with Gasteiger partial charge in [0.2, 0.25) is 0 Å². The number of aromatic nitrogens is 2. The number of aryl methyl sites for hydroxylation is 3. The molecular formula is C17H20BrN3. The molecule has 4 heteroatoms. The topological polar surface area (TPSA) is 51.8 Å². The van der Waals surface area contributed by atoms with Crippen molar-refractivity contribution in [2.75, 3.05) is 6.54 Å². The molecule has 110 valence electrons. The first kappa shape index (κ1) is 14.7. The molecule has 0 bridgehead atoms. The Labute approximate surface area is 134 Å². The molecule has 2 N–H and O–H groups in total. The highest BCUT2D eigenvalue weighted by atomic mass is 79.9. The Bertz CT molecular complexity index is 682. The van der Waals surface area contributed by atoms with Gasteiger partial charge in [0.05, 0.1) is 0 Å². The number of nitrogens with zero attached hydrogens (tertiary/aromatic N) is 2. The van der Waals surface area contributed by atoms with Gasteiger partial charge < -0.3 is 5.73 Å². The minimum absolute atomic E-state index is 0.580. The van der Waals surface area contributed by atoms with Gasteiger partial charge in [-0.05, 0) is 68.8 Å². The molecule has 0 amide bonds. The average molecular weight is 346 g/mol. The second-order valence-electron chi connectivity index (χ2n) is 5.89. The van der Waals surface area contributed by atoms with Gasteiger partial charge in [-0.3, -0.25) is 0 Å². The number of halogens is 1. The number of rotatable bonds is 2. The SMILES string of the molecule is Cc1ccc(-c2nc(C)c3c(n2)CCC(CN)C3)c(Br)c1. The molecule has 1 aromatic heterocycles. The van der Waals surface area contributed by atoms with Crippen LogP contribution in [0.1, 0.15) is 28.9 Å². The van der Waals surface area contributed by atoms with E-state index in [1.807, 2.05) is 0 Å². The van der Waals surface area contributed by atoms with Crippen LogP contribution in [0.25, 0.3) is 11.4 Å². The van der Waals surface area contributed by atoms with Crippen LogP contribution in [-0.2, 0) is 12.8 Å². The summed E-state index contributed by atoms with van der Waals surface area (Å²) >= 11 is 3.63. The number of nitrogens with two attached hydrogens (primary N) is 1. The van der Waals surface area contributed by atoms with Gasteiger partial charge in [0.15, 0.2) is 5.82 Å². The zero-order valence-electron chi connectivity index (χ0n) is 12.5. The molecule has 0 aliphatic heterocycles. The normalized spacial score (nSPS) is 17.6. The highest BCUT2D eigenvalue weighted by molar-refractivity contribution is 9.10. The van der Waals surface area contributed by atoms with Crippen molar-refractivity contribution in [3.63, 3.8) is 0 Å². The molecule has 3 rings (SSSR count). The Morgan fingerprint density at radius 2 is 2.10 bits per heavy atom. The molecule has 1 aliphatic rings. The fraction of sp³-hybridized carbons (Fsp3) is 0.412. The van der Waals surface area contributed by atoms with E-state index in [0.717, 1.165) is 47.4 Å². The van der Waals surface area contributed by atoms with Gasteiger partial charge in [-0.25, -0.2) is 9.97 Å². The summed E-state index contributed by atoms with van der Waals surface area (Å²) in [5, 5.41) is 0. The fourth-order valence-electron chi connectivity index (χ4n) is 2.98. The van der Waals surface area contributed by atoms with Crippen LogP contribution in [0.4, 0.5) is 0 Å². The average Bonchev–Trinajstić information content (AvgIpc) is 2.47. The van der Waals surface area contributed by atoms with Gasteiger partial charge in [-0.2, -0.15) is 0 Å². The molecule has 0 radical (unpaired) electrons. The van der Waals surface area contributed by atoms with E-state index in [4.69, 9.17) is 15.7 Å². The highest BCUT2D eigenvalue weighted by Gasteiger charge is 2.22. The Morgan fingerprint density at radius 3 is 2.81 bits per heavy atom. The molecule has 1 aliphatic carbocycles. The highest BCUT2D eigenvalue weighted by Crippen LogP contribution is 2.31. The van der Waals surface area contributed by atoms with Crippen LogP contribution in [0.2, 0.25) is 0 Å². The lowest BCUT2D eigenvalue weighted by atomic mass is 9.86. The maximum atomic E-state index is 5.82. The standard InChI is InChI=1S/C17H20BrN3/c1-10-3-5-13(15(18)7-10)17-20-11(2)14-8-12(9-19)4-6-16(14)21-17/h3,5,7,12H,4,6,8-9,19H2,1-2H3. The summed E-state index contributed by atoms with van der Waals surface area (Å²) in [4.78, 5) is 9.56. The van der Waals surface area contributed by atoms with E-state index in [2.05, 4.69) is 48.0 Å². The zero-order valence-corrected chi connectivity index (χ0v) is 14.1. The van der Waals surface area contributed by atoms with Crippen molar-refractivity contribution in [3.05, 3.63) is 45.2 Å². The molecule has 0 spiro atoms. The maximum absolute atomic E-state index is 5.82. The Morgan fingerprint density at radius 1 is 1.29 bits per heavy atom. The summed E-state index contributed by atoms with van der Waals surface area (Å²) in [5.41, 5.74) is 11.7. The fourth-order valence-corrected chi connectivity index (χ4v) is 3.65. The van der Waals surface area contributed by atoms with Crippen molar-refractivity contribution in [2.45, 2.75) is 33.1 Å². The van der Waals surface area contributed by atoms with Crippen LogP contribution in [0.3, 0.4) is 0 Å². The number of hydrogen-bond donors (Lipinski definition) is 1. The second kappa shape index (κ2) is 5.85. The first-order valence-corrected chi connectivity index (χ1v) is 8.20. The predicted molar refractivity (Wildman–Crippen MR) is 89.2 cm³/mol. The van der Waals surface area contributed by atoms with Gasteiger partial charge in [0.1, 0.15) is 0 Å². The lowest BCUT2D eigenvalue weighted by Gasteiger charge is -2.24. The van der Waals surface area contributed by atoms with Crippen LogP contribution in [0.5, 0.6) is 0 Å². The predicted octanol–water partition coefficient (Wildman–Crippen LogP) is 3.59. The number of benzene rings is 1. The van der Waals surface area contributed by atoms with E-state index in [1.54, 1.807) is 0 Å². The summed E-state index contributed by atoms with van der Waals surface area (Å²) < 4.78 is 1.05. The third kappa shape index (κ3) is 2.87. The van der Waals surface area contributed by atoms with Crippen molar-refractivity contribution in [3.8, 4) is 11.4 Å². The molecule has 0 saturated carbocycles. The van der Waals surface area contributed by atoms with Gasteiger partial charge >= 0.3 is 0 Å². The molecule has 21 heavy (non-hydrogen) atoms. The minimum atomic E-state index is 0.580. The van der Waals surface area contributed by atoms with E-state index in [9.17, 15) is 0 Å². The van der Waals surface area contributed by atoms with Gasteiger partial charge in [0, 0.05) is 21.4 Å². The lowest BCUT2D eigenvalue weighted by molar-refractivity contribution is 0.460. The zero-order chi connectivity index (χ0) is 15.0. The molecule has 1 aromatic carbocycles. The Balaban J connectivity index is 2.04. The summed E-state index contributed by atoms with van der Waals surface area (Å²) in [6.45, 7) is 4.93. The quantitative estimate of drug-likeness (QED) is 0.904. The molecule has 0 fully saturated rings. The summed E-state index contributed by atoms with van der Waals surface area (Å²) in [6, 6.07) is 6.30. The number of fused-ring (bicyclic) bond motifs is 1. The van der Waals surface area contributed by atoms with Crippen LogP contribution in [0, 0.1) is 19.8 Å². The molecule has 1 heterocycles.